The lowest BCUT2D eigenvalue weighted by atomic mass is 10.1. The standard InChI is InChI=1S/C22H23ClN4O4S/c1-30-17-6-8-21(31-2)19(15-17)20-7-9-22(25-24-20)26-10-12-27(13-11-26)32(28,29)18-5-3-4-16(23)14-18/h3-9,14-15H,10-13H2,1-2H3. The number of nitrogens with zero attached hydrogens (tertiary/aromatic N) is 4. The molecule has 0 bridgehead atoms. The molecule has 3 aromatic rings. The highest BCUT2D eigenvalue weighted by Gasteiger charge is 2.29. The third kappa shape index (κ3) is 4.50. The molecule has 0 spiro atoms. The lowest BCUT2D eigenvalue weighted by Gasteiger charge is -2.34. The highest BCUT2D eigenvalue weighted by atomic mass is 35.5. The third-order valence-corrected chi connectivity index (χ3v) is 7.46. The van der Waals surface area contributed by atoms with Crippen molar-refractivity contribution in [1.29, 1.82) is 0 Å². The van der Waals surface area contributed by atoms with Gasteiger partial charge in [-0.25, -0.2) is 8.42 Å². The second-order valence-corrected chi connectivity index (χ2v) is 9.57. The van der Waals surface area contributed by atoms with Crippen LogP contribution in [0.1, 0.15) is 0 Å². The lowest BCUT2D eigenvalue weighted by molar-refractivity contribution is 0.383. The highest BCUT2D eigenvalue weighted by Crippen LogP contribution is 2.32. The van der Waals surface area contributed by atoms with Gasteiger partial charge in [0.2, 0.25) is 10.0 Å². The topological polar surface area (TPSA) is 84.9 Å². The average molecular weight is 475 g/mol. The van der Waals surface area contributed by atoms with Crippen molar-refractivity contribution in [1.82, 2.24) is 14.5 Å². The zero-order valence-electron chi connectivity index (χ0n) is 17.7. The van der Waals surface area contributed by atoms with Gasteiger partial charge in [-0.05, 0) is 48.5 Å². The molecular weight excluding hydrogens is 452 g/mol. The van der Waals surface area contributed by atoms with Crippen LogP contribution in [0.2, 0.25) is 5.02 Å². The number of sulfonamides is 1. The lowest BCUT2D eigenvalue weighted by Crippen LogP contribution is -2.49. The number of methoxy groups -OCH3 is 2. The van der Waals surface area contributed by atoms with Gasteiger partial charge in [0.15, 0.2) is 5.82 Å². The fourth-order valence-corrected chi connectivity index (χ4v) is 5.31. The molecule has 1 aromatic heterocycles. The SMILES string of the molecule is COc1ccc(OC)c(-c2ccc(N3CCN(S(=O)(=O)c4cccc(Cl)c4)CC3)nn2)c1. The molecule has 0 N–H and O–H groups in total. The fraction of sp³-hybridized carbons (Fsp3) is 0.273. The Kier molecular flexibility index (Phi) is 6.50. The van der Waals surface area contributed by atoms with E-state index < -0.39 is 10.0 Å². The molecular formula is C22H23ClN4O4S. The van der Waals surface area contributed by atoms with E-state index in [1.54, 1.807) is 32.4 Å². The van der Waals surface area contributed by atoms with Crippen molar-refractivity contribution >= 4 is 27.4 Å². The van der Waals surface area contributed by atoms with E-state index in [9.17, 15) is 8.42 Å². The number of benzene rings is 2. The van der Waals surface area contributed by atoms with E-state index in [-0.39, 0.29) is 4.90 Å². The number of hydrogen-bond donors (Lipinski definition) is 0. The molecule has 2 heterocycles. The molecule has 0 atom stereocenters. The van der Waals surface area contributed by atoms with Gasteiger partial charge in [-0.1, -0.05) is 17.7 Å². The maximum absolute atomic E-state index is 12.9. The summed E-state index contributed by atoms with van der Waals surface area (Å²) in [6.07, 6.45) is 0. The van der Waals surface area contributed by atoms with Gasteiger partial charge in [-0.3, -0.25) is 0 Å². The summed E-state index contributed by atoms with van der Waals surface area (Å²) in [5, 5.41) is 9.12. The first kappa shape index (κ1) is 22.3. The van der Waals surface area contributed by atoms with Gasteiger partial charge in [0.25, 0.3) is 0 Å². The maximum Gasteiger partial charge on any atom is 0.243 e. The van der Waals surface area contributed by atoms with Gasteiger partial charge in [-0.2, -0.15) is 4.31 Å². The van der Waals surface area contributed by atoms with Crippen LogP contribution in [0, 0.1) is 0 Å². The summed E-state index contributed by atoms with van der Waals surface area (Å²) in [5.74, 6) is 2.06. The summed E-state index contributed by atoms with van der Waals surface area (Å²) in [7, 11) is -0.382. The van der Waals surface area contributed by atoms with Crippen molar-refractivity contribution in [3.8, 4) is 22.8 Å². The first-order chi connectivity index (χ1) is 15.4. The monoisotopic (exact) mass is 474 g/mol. The molecule has 8 nitrogen and oxygen atoms in total. The zero-order valence-corrected chi connectivity index (χ0v) is 19.3. The van der Waals surface area contributed by atoms with E-state index in [1.165, 1.54) is 10.4 Å². The van der Waals surface area contributed by atoms with E-state index in [2.05, 4.69) is 10.2 Å². The molecule has 0 aliphatic carbocycles. The van der Waals surface area contributed by atoms with E-state index in [0.717, 1.165) is 5.56 Å². The number of hydrogen-bond acceptors (Lipinski definition) is 7. The Hall–Kier alpha value is -2.88. The van der Waals surface area contributed by atoms with Crippen LogP contribution in [0.25, 0.3) is 11.3 Å². The Balaban J connectivity index is 1.47. The predicted molar refractivity (Wildman–Crippen MR) is 123 cm³/mol. The second kappa shape index (κ2) is 9.32. The van der Waals surface area contributed by atoms with Gasteiger partial charge in [-0.15, -0.1) is 10.2 Å². The summed E-state index contributed by atoms with van der Waals surface area (Å²) < 4.78 is 38.0. The van der Waals surface area contributed by atoms with Crippen LogP contribution in [-0.2, 0) is 10.0 Å². The van der Waals surface area contributed by atoms with Crippen LogP contribution in [0.3, 0.4) is 0 Å². The molecule has 10 heteroatoms. The molecule has 0 unspecified atom stereocenters. The number of halogens is 1. The Morgan fingerprint density at radius 1 is 0.906 bits per heavy atom. The van der Waals surface area contributed by atoms with Crippen molar-refractivity contribution < 1.29 is 17.9 Å². The largest absolute Gasteiger partial charge is 0.497 e. The minimum absolute atomic E-state index is 0.204. The molecule has 2 aromatic carbocycles. The first-order valence-corrected chi connectivity index (χ1v) is 11.8. The van der Waals surface area contributed by atoms with E-state index >= 15 is 0 Å². The normalized spacial score (nSPS) is 14.9. The van der Waals surface area contributed by atoms with Crippen LogP contribution in [0.15, 0.2) is 59.5 Å². The van der Waals surface area contributed by atoms with Crippen LogP contribution in [-0.4, -0.2) is 63.3 Å². The molecule has 0 radical (unpaired) electrons. The molecule has 0 saturated carbocycles. The van der Waals surface area contributed by atoms with Gasteiger partial charge in [0, 0.05) is 36.8 Å². The van der Waals surface area contributed by atoms with Gasteiger partial charge >= 0.3 is 0 Å². The van der Waals surface area contributed by atoms with E-state index in [4.69, 9.17) is 21.1 Å². The predicted octanol–water partition coefficient (Wildman–Crippen LogP) is 3.33. The minimum Gasteiger partial charge on any atom is -0.497 e. The maximum atomic E-state index is 12.9. The summed E-state index contributed by atoms with van der Waals surface area (Å²) in [6, 6.07) is 15.6. The quantitative estimate of drug-likeness (QED) is 0.541. The van der Waals surface area contributed by atoms with Crippen LogP contribution in [0.5, 0.6) is 11.5 Å². The molecule has 168 valence electrons. The van der Waals surface area contributed by atoms with E-state index in [1.807, 2.05) is 35.2 Å². The Labute approximate surface area is 192 Å². The number of rotatable bonds is 6. The van der Waals surface area contributed by atoms with Gasteiger partial charge < -0.3 is 14.4 Å². The minimum atomic E-state index is -3.59. The van der Waals surface area contributed by atoms with Crippen molar-refractivity contribution in [3.63, 3.8) is 0 Å². The summed E-state index contributed by atoms with van der Waals surface area (Å²) in [5.41, 5.74) is 1.44. The molecule has 0 amide bonds. The van der Waals surface area contributed by atoms with Crippen molar-refractivity contribution in [2.75, 3.05) is 45.3 Å². The van der Waals surface area contributed by atoms with Gasteiger partial charge in [0.05, 0.1) is 24.8 Å². The smallest absolute Gasteiger partial charge is 0.243 e. The highest BCUT2D eigenvalue weighted by molar-refractivity contribution is 7.89. The Bertz CT molecular complexity index is 1200. The van der Waals surface area contributed by atoms with Crippen molar-refractivity contribution in [2.24, 2.45) is 0 Å². The van der Waals surface area contributed by atoms with Gasteiger partial charge in [0.1, 0.15) is 11.5 Å². The number of piperazine rings is 1. The summed E-state index contributed by atoms with van der Waals surface area (Å²) in [4.78, 5) is 2.22. The average Bonchev–Trinajstić information content (AvgIpc) is 2.84. The van der Waals surface area contributed by atoms with E-state index in [0.29, 0.717) is 54.2 Å². The second-order valence-electron chi connectivity index (χ2n) is 7.19. The van der Waals surface area contributed by atoms with Crippen LogP contribution >= 0.6 is 11.6 Å². The molecule has 4 rings (SSSR count). The number of aromatic nitrogens is 2. The van der Waals surface area contributed by atoms with Crippen LogP contribution in [0.4, 0.5) is 5.82 Å². The molecule has 1 saturated heterocycles. The Morgan fingerprint density at radius 3 is 2.31 bits per heavy atom. The summed E-state index contributed by atoms with van der Waals surface area (Å²) >= 11 is 5.96. The molecule has 1 aliphatic heterocycles. The number of anilines is 1. The molecule has 32 heavy (non-hydrogen) atoms. The number of ether oxygens (including phenoxy) is 2. The summed E-state index contributed by atoms with van der Waals surface area (Å²) in [6.45, 7) is 1.72. The fourth-order valence-electron chi connectivity index (χ4n) is 3.59. The molecule has 1 fully saturated rings. The molecule has 1 aliphatic rings. The van der Waals surface area contributed by atoms with Crippen molar-refractivity contribution in [2.45, 2.75) is 4.90 Å². The third-order valence-electron chi connectivity index (χ3n) is 5.33. The Morgan fingerprint density at radius 2 is 1.69 bits per heavy atom. The first-order valence-electron chi connectivity index (χ1n) is 9.99. The van der Waals surface area contributed by atoms with Crippen molar-refractivity contribution in [3.05, 3.63) is 59.6 Å². The zero-order chi connectivity index (χ0) is 22.7. The van der Waals surface area contributed by atoms with Crippen LogP contribution < -0.4 is 14.4 Å².